The molecule has 2 amide bonds. The quantitative estimate of drug-likeness (QED) is 0.344. The minimum absolute atomic E-state index is 0.0726. The lowest BCUT2D eigenvalue weighted by molar-refractivity contribution is -0.115. The van der Waals surface area contributed by atoms with Crippen molar-refractivity contribution in [3.63, 3.8) is 0 Å². The van der Waals surface area contributed by atoms with Gasteiger partial charge in [-0.1, -0.05) is 15.4 Å². The Morgan fingerprint density at radius 1 is 0.763 bits per heavy atom. The van der Waals surface area contributed by atoms with Gasteiger partial charge in [0, 0.05) is 25.2 Å². The Morgan fingerprint density at radius 2 is 1.21 bits per heavy atom. The van der Waals surface area contributed by atoms with Gasteiger partial charge in [-0.05, 0) is 79.1 Å². The molecule has 0 radical (unpaired) electrons. The summed E-state index contributed by atoms with van der Waals surface area (Å²) in [7, 11) is -9.76. The van der Waals surface area contributed by atoms with Crippen molar-refractivity contribution in [2.24, 2.45) is 0 Å². The lowest BCUT2D eigenvalue weighted by atomic mass is 10.2. The maximum atomic E-state index is 13.8. The van der Waals surface area contributed by atoms with Crippen LogP contribution in [-0.4, -0.2) is 32.7 Å². The number of fused-ring (bicyclic) bond motifs is 1. The molecule has 1 aromatic heterocycles. The standard InChI is InChI=1S/C24H22N4O7S3/c1-15-4-13-23-22(14-15)24(31)27(36-23)28(37(32,33)20-9-5-18(6-10-20)25-16(2)29)38(34,35)21-11-7-19(8-12-21)26-17(3)30/h4-14H,1-3H3,(H,25,29)(H,26,30). The second-order valence-electron chi connectivity index (χ2n) is 8.27. The van der Waals surface area contributed by atoms with Gasteiger partial charge in [0.05, 0.1) is 19.9 Å². The molecule has 0 saturated carbocycles. The van der Waals surface area contributed by atoms with Crippen LogP contribution in [0.1, 0.15) is 19.4 Å². The zero-order chi connectivity index (χ0) is 27.8. The number of carbonyl (C=O) groups is 2. The first-order chi connectivity index (χ1) is 17.8. The lowest BCUT2D eigenvalue weighted by Crippen LogP contribution is -2.48. The molecule has 4 aromatic rings. The van der Waals surface area contributed by atoms with Crippen molar-refractivity contribution in [3.8, 4) is 0 Å². The van der Waals surface area contributed by atoms with Gasteiger partial charge < -0.3 is 10.6 Å². The topological polar surface area (TPSA) is 152 Å². The van der Waals surface area contributed by atoms with Crippen molar-refractivity contribution in [2.75, 3.05) is 14.5 Å². The SMILES string of the molecule is CC(=O)Nc1ccc(S(=O)(=O)N(n2sc3ccc(C)cc3c2=O)S(=O)(=O)c2ccc(NC(C)=O)cc2)cc1. The summed E-state index contributed by atoms with van der Waals surface area (Å²) in [6, 6.07) is 14.6. The molecule has 0 aliphatic rings. The van der Waals surface area contributed by atoms with Crippen LogP contribution >= 0.6 is 11.5 Å². The summed E-state index contributed by atoms with van der Waals surface area (Å²) in [5.74, 6) is -0.751. The number of aromatic nitrogens is 1. The van der Waals surface area contributed by atoms with E-state index in [0.717, 1.165) is 29.8 Å². The number of rotatable bonds is 7. The lowest BCUT2D eigenvalue weighted by Gasteiger charge is -2.23. The summed E-state index contributed by atoms with van der Waals surface area (Å²) in [5, 5.41) is 5.16. The average Bonchev–Trinajstić information content (AvgIpc) is 3.14. The first kappa shape index (κ1) is 27.0. The molecule has 11 nitrogen and oxygen atoms in total. The Morgan fingerprint density at radius 3 is 1.63 bits per heavy atom. The first-order valence-electron chi connectivity index (χ1n) is 11.0. The molecule has 3 aromatic carbocycles. The second-order valence-corrected chi connectivity index (χ2v) is 13.0. The number of carbonyl (C=O) groups excluding carboxylic acids is 2. The van der Waals surface area contributed by atoms with Crippen molar-refractivity contribution in [2.45, 2.75) is 30.6 Å². The molecule has 0 aliphatic carbocycles. The zero-order valence-electron chi connectivity index (χ0n) is 20.3. The van der Waals surface area contributed by atoms with E-state index < -0.39 is 35.4 Å². The number of sulfonamides is 2. The first-order valence-corrected chi connectivity index (χ1v) is 14.6. The Kier molecular flexibility index (Phi) is 7.14. The van der Waals surface area contributed by atoms with Crippen LogP contribution in [0.15, 0.2) is 81.3 Å². The normalized spacial score (nSPS) is 11.8. The Labute approximate surface area is 222 Å². The monoisotopic (exact) mass is 574 g/mol. The van der Waals surface area contributed by atoms with Crippen LogP contribution in [0.5, 0.6) is 0 Å². The Bertz CT molecular complexity index is 1740. The van der Waals surface area contributed by atoms with E-state index in [1.807, 2.05) is 0 Å². The predicted octanol–water partition coefficient (Wildman–Crippen LogP) is 3.00. The molecular weight excluding hydrogens is 552 g/mol. The van der Waals surface area contributed by atoms with Crippen LogP contribution in [0.4, 0.5) is 11.4 Å². The number of benzene rings is 3. The van der Waals surface area contributed by atoms with Gasteiger partial charge in [-0.3, -0.25) is 14.4 Å². The van der Waals surface area contributed by atoms with Crippen molar-refractivity contribution >= 4 is 64.9 Å². The van der Waals surface area contributed by atoms with E-state index >= 15 is 0 Å². The molecule has 0 unspecified atom stereocenters. The molecule has 0 bridgehead atoms. The molecule has 2 N–H and O–H groups in total. The highest BCUT2D eigenvalue weighted by atomic mass is 32.3. The van der Waals surface area contributed by atoms with Crippen molar-refractivity contribution in [1.29, 1.82) is 0 Å². The molecular formula is C24H22N4O7S3. The van der Waals surface area contributed by atoms with E-state index in [0.29, 0.717) is 31.7 Å². The summed E-state index contributed by atoms with van der Waals surface area (Å²) in [6.07, 6.45) is 0. The van der Waals surface area contributed by atoms with Gasteiger partial charge in [0.1, 0.15) is 0 Å². The van der Waals surface area contributed by atoms with Gasteiger partial charge in [-0.25, -0.2) is 0 Å². The Hall–Kier alpha value is -4.01. The van der Waals surface area contributed by atoms with E-state index in [1.54, 1.807) is 25.1 Å². The second kappa shape index (κ2) is 10.0. The predicted molar refractivity (Wildman–Crippen MR) is 145 cm³/mol. The van der Waals surface area contributed by atoms with Crippen molar-refractivity contribution in [1.82, 2.24) is 4.07 Å². The van der Waals surface area contributed by atoms with Gasteiger partial charge in [0.2, 0.25) is 11.8 Å². The van der Waals surface area contributed by atoms with Crippen LogP contribution in [0.25, 0.3) is 10.1 Å². The zero-order valence-corrected chi connectivity index (χ0v) is 22.8. The number of hydrogen-bond acceptors (Lipinski definition) is 8. The van der Waals surface area contributed by atoms with E-state index in [-0.39, 0.29) is 21.0 Å². The fraction of sp³-hybridized carbons (Fsp3) is 0.125. The van der Waals surface area contributed by atoms with Gasteiger partial charge in [0.15, 0.2) is 0 Å². The number of nitrogens with one attached hydrogen (secondary N) is 2. The van der Waals surface area contributed by atoms with Crippen molar-refractivity contribution < 1.29 is 26.4 Å². The van der Waals surface area contributed by atoms with Crippen LogP contribution in [0, 0.1) is 6.92 Å². The molecule has 0 aliphatic heterocycles. The van der Waals surface area contributed by atoms with Gasteiger partial charge in [-0.2, -0.15) is 16.8 Å². The third-order valence-electron chi connectivity index (χ3n) is 5.23. The van der Waals surface area contributed by atoms with Gasteiger partial charge >= 0.3 is 0 Å². The summed E-state index contributed by atoms with van der Waals surface area (Å²) in [4.78, 5) is 35.1. The third kappa shape index (κ3) is 5.18. The maximum Gasteiger partial charge on any atom is 0.292 e. The summed E-state index contributed by atoms with van der Waals surface area (Å²) in [5.41, 5.74) is 0.507. The summed E-state index contributed by atoms with van der Waals surface area (Å²) in [6.45, 7) is 4.32. The number of aryl methyl sites for hydroxylation is 1. The molecule has 0 saturated heterocycles. The van der Waals surface area contributed by atoms with Crippen molar-refractivity contribution in [3.05, 3.63) is 82.6 Å². The van der Waals surface area contributed by atoms with Gasteiger partial charge in [-0.15, -0.1) is 4.07 Å². The number of nitrogens with zero attached hydrogens (tertiary/aromatic N) is 2. The number of anilines is 2. The molecule has 0 spiro atoms. The summed E-state index contributed by atoms with van der Waals surface area (Å²) >= 11 is 0.665. The maximum absolute atomic E-state index is 13.8. The molecule has 0 atom stereocenters. The molecule has 1 heterocycles. The molecule has 38 heavy (non-hydrogen) atoms. The number of amides is 2. The Balaban J connectivity index is 1.92. The minimum Gasteiger partial charge on any atom is -0.326 e. The molecule has 198 valence electrons. The largest absolute Gasteiger partial charge is 0.326 e. The van der Waals surface area contributed by atoms with E-state index in [1.165, 1.54) is 38.1 Å². The van der Waals surface area contributed by atoms with Crippen LogP contribution in [0.3, 0.4) is 0 Å². The van der Waals surface area contributed by atoms with Crippen LogP contribution < -0.4 is 20.0 Å². The smallest absolute Gasteiger partial charge is 0.292 e. The fourth-order valence-electron chi connectivity index (χ4n) is 3.57. The number of hydrogen-bond donors (Lipinski definition) is 2. The highest BCUT2D eigenvalue weighted by Crippen LogP contribution is 2.28. The van der Waals surface area contributed by atoms with Crippen LogP contribution in [0.2, 0.25) is 0 Å². The molecule has 0 fully saturated rings. The van der Waals surface area contributed by atoms with E-state index in [4.69, 9.17) is 0 Å². The molecule has 4 rings (SSSR count). The minimum atomic E-state index is -4.88. The van der Waals surface area contributed by atoms with E-state index in [9.17, 15) is 31.2 Å². The van der Waals surface area contributed by atoms with Crippen LogP contribution in [-0.2, 0) is 29.6 Å². The van der Waals surface area contributed by atoms with Gasteiger partial charge in [0.25, 0.3) is 25.6 Å². The highest BCUT2D eigenvalue weighted by Gasteiger charge is 2.39. The third-order valence-corrected chi connectivity index (χ3v) is 10.6. The van der Waals surface area contributed by atoms with E-state index in [2.05, 4.69) is 10.6 Å². The highest BCUT2D eigenvalue weighted by molar-refractivity contribution is 8.09. The average molecular weight is 575 g/mol. The fourth-order valence-corrected chi connectivity index (χ4v) is 8.51. The summed E-state index contributed by atoms with van der Waals surface area (Å²) < 4.78 is 56.4. The molecule has 14 heteroatoms.